The van der Waals surface area contributed by atoms with Crippen LogP contribution in [0.5, 0.6) is 0 Å². The SMILES string of the molecule is CC(CC(=O)Nc1nc(C(C)(C)C)cs1)C1CCCNC1. The van der Waals surface area contributed by atoms with Crippen molar-refractivity contribution in [1.82, 2.24) is 10.3 Å². The first-order chi connectivity index (χ1) is 9.86. The van der Waals surface area contributed by atoms with E-state index in [0.29, 0.717) is 18.3 Å². The van der Waals surface area contributed by atoms with Crippen molar-refractivity contribution in [2.45, 2.75) is 52.4 Å². The van der Waals surface area contributed by atoms with Gasteiger partial charge in [0, 0.05) is 17.2 Å². The maximum absolute atomic E-state index is 12.2. The maximum atomic E-state index is 12.2. The van der Waals surface area contributed by atoms with Crippen molar-refractivity contribution in [1.29, 1.82) is 0 Å². The summed E-state index contributed by atoms with van der Waals surface area (Å²) in [5.74, 6) is 1.12. The molecule has 0 spiro atoms. The molecule has 2 N–H and O–H groups in total. The summed E-state index contributed by atoms with van der Waals surface area (Å²) in [6.07, 6.45) is 3.03. The first kappa shape index (κ1) is 16.4. The largest absolute Gasteiger partial charge is 0.316 e. The Morgan fingerprint density at radius 3 is 2.90 bits per heavy atom. The number of nitrogens with one attached hydrogen (secondary N) is 2. The van der Waals surface area contributed by atoms with Crippen LogP contribution in [0.1, 0.15) is 52.7 Å². The highest BCUT2D eigenvalue weighted by Gasteiger charge is 2.23. The fraction of sp³-hybridized carbons (Fsp3) is 0.750. The van der Waals surface area contributed by atoms with Gasteiger partial charge in [0.2, 0.25) is 5.91 Å². The lowest BCUT2D eigenvalue weighted by molar-refractivity contribution is -0.117. The van der Waals surface area contributed by atoms with Crippen LogP contribution < -0.4 is 10.6 Å². The second-order valence-electron chi connectivity index (χ2n) is 7.12. The van der Waals surface area contributed by atoms with Crippen molar-refractivity contribution in [2.24, 2.45) is 11.8 Å². The van der Waals surface area contributed by atoms with Crippen molar-refractivity contribution in [3.8, 4) is 0 Å². The standard InChI is InChI=1S/C16H27N3OS/c1-11(12-6-5-7-17-9-12)8-14(20)19-15-18-13(10-21-15)16(2,3)4/h10-12,17H,5-9H2,1-4H3,(H,18,19,20). The van der Waals surface area contributed by atoms with E-state index in [2.05, 4.69) is 43.3 Å². The average molecular weight is 309 g/mol. The van der Waals surface area contributed by atoms with Gasteiger partial charge in [-0.25, -0.2) is 4.98 Å². The number of aromatic nitrogens is 1. The van der Waals surface area contributed by atoms with Gasteiger partial charge >= 0.3 is 0 Å². The van der Waals surface area contributed by atoms with Crippen molar-refractivity contribution in [3.63, 3.8) is 0 Å². The van der Waals surface area contributed by atoms with Crippen molar-refractivity contribution >= 4 is 22.4 Å². The smallest absolute Gasteiger partial charge is 0.226 e. The molecule has 2 heterocycles. The Labute approximate surface area is 131 Å². The van der Waals surface area contributed by atoms with Crippen molar-refractivity contribution < 1.29 is 4.79 Å². The van der Waals surface area contributed by atoms with Gasteiger partial charge in [-0.1, -0.05) is 27.7 Å². The van der Waals surface area contributed by atoms with Crippen LogP contribution in [0.25, 0.3) is 0 Å². The van der Waals surface area contributed by atoms with Gasteiger partial charge in [0.25, 0.3) is 0 Å². The molecule has 5 heteroatoms. The second-order valence-corrected chi connectivity index (χ2v) is 7.98. The molecule has 2 unspecified atom stereocenters. The normalized spacial score (nSPS) is 21.0. The second kappa shape index (κ2) is 6.88. The zero-order valence-electron chi connectivity index (χ0n) is 13.5. The van der Waals surface area contributed by atoms with E-state index in [1.165, 1.54) is 24.2 Å². The molecular weight excluding hydrogens is 282 g/mol. The molecule has 1 aromatic rings. The predicted molar refractivity (Wildman–Crippen MR) is 88.8 cm³/mol. The molecule has 1 aromatic heterocycles. The van der Waals surface area contributed by atoms with Gasteiger partial charge in [-0.2, -0.15) is 0 Å². The zero-order chi connectivity index (χ0) is 15.5. The zero-order valence-corrected chi connectivity index (χ0v) is 14.3. The minimum absolute atomic E-state index is 0.0283. The van der Waals surface area contributed by atoms with E-state index in [0.717, 1.165) is 23.9 Å². The quantitative estimate of drug-likeness (QED) is 0.896. The summed E-state index contributed by atoms with van der Waals surface area (Å²) >= 11 is 1.51. The van der Waals surface area contributed by atoms with Crippen LogP contribution in [0, 0.1) is 11.8 Å². The first-order valence-corrected chi connectivity index (χ1v) is 8.71. The van der Waals surface area contributed by atoms with Crippen molar-refractivity contribution in [3.05, 3.63) is 11.1 Å². The molecular formula is C16H27N3OS. The Morgan fingerprint density at radius 1 is 1.57 bits per heavy atom. The number of nitrogens with zero attached hydrogens (tertiary/aromatic N) is 1. The van der Waals surface area contributed by atoms with Gasteiger partial charge < -0.3 is 10.6 Å². The van der Waals surface area contributed by atoms with Gasteiger partial charge in [-0.15, -0.1) is 11.3 Å². The Kier molecular flexibility index (Phi) is 5.38. The van der Waals surface area contributed by atoms with Crippen LogP contribution in [0.4, 0.5) is 5.13 Å². The third kappa shape index (κ3) is 4.78. The highest BCUT2D eigenvalue weighted by molar-refractivity contribution is 7.13. The van der Waals surface area contributed by atoms with E-state index >= 15 is 0 Å². The number of rotatable bonds is 4. The summed E-state index contributed by atoms with van der Waals surface area (Å²) < 4.78 is 0. The molecule has 0 aromatic carbocycles. The number of anilines is 1. The third-order valence-corrected chi connectivity index (χ3v) is 4.92. The average Bonchev–Trinajstić information content (AvgIpc) is 2.88. The third-order valence-electron chi connectivity index (χ3n) is 4.17. The molecule has 1 amide bonds. The lowest BCUT2D eigenvalue weighted by atomic mass is 9.85. The number of piperidine rings is 1. The fourth-order valence-corrected chi connectivity index (χ4v) is 3.62. The van der Waals surface area contributed by atoms with E-state index < -0.39 is 0 Å². The predicted octanol–water partition coefficient (Wildman–Crippen LogP) is 3.40. The Balaban J connectivity index is 1.85. The lowest BCUT2D eigenvalue weighted by Gasteiger charge is -2.27. The van der Waals surface area contributed by atoms with Crippen LogP contribution >= 0.6 is 11.3 Å². The van der Waals surface area contributed by atoms with Crippen LogP contribution in [0.15, 0.2) is 5.38 Å². The van der Waals surface area contributed by atoms with Gasteiger partial charge in [-0.05, 0) is 37.8 Å². The van der Waals surface area contributed by atoms with E-state index in [-0.39, 0.29) is 11.3 Å². The summed E-state index contributed by atoms with van der Waals surface area (Å²) in [5.41, 5.74) is 1.06. The molecule has 4 nitrogen and oxygen atoms in total. The summed E-state index contributed by atoms with van der Waals surface area (Å²) in [5, 5.41) is 9.12. The number of hydrogen-bond acceptors (Lipinski definition) is 4. The van der Waals surface area contributed by atoms with Crippen LogP contribution in [0.2, 0.25) is 0 Å². The highest BCUT2D eigenvalue weighted by atomic mass is 32.1. The number of amides is 1. The fourth-order valence-electron chi connectivity index (χ4n) is 2.67. The van der Waals surface area contributed by atoms with E-state index in [1.807, 2.05) is 5.38 Å². The maximum Gasteiger partial charge on any atom is 0.226 e. The Bertz CT molecular complexity index is 472. The summed E-state index contributed by atoms with van der Waals surface area (Å²) in [7, 11) is 0. The van der Waals surface area contributed by atoms with Crippen LogP contribution in [0.3, 0.4) is 0 Å². The summed E-state index contributed by atoms with van der Waals surface area (Å²) in [4.78, 5) is 16.7. The summed E-state index contributed by atoms with van der Waals surface area (Å²) in [6.45, 7) is 10.7. The van der Waals surface area contributed by atoms with Crippen LogP contribution in [-0.4, -0.2) is 24.0 Å². The first-order valence-electron chi connectivity index (χ1n) is 7.83. The van der Waals surface area contributed by atoms with Gasteiger partial charge in [0.05, 0.1) is 5.69 Å². The Morgan fingerprint density at radius 2 is 2.33 bits per heavy atom. The Hall–Kier alpha value is -0.940. The molecule has 1 saturated heterocycles. The molecule has 21 heavy (non-hydrogen) atoms. The lowest BCUT2D eigenvalue weighted by Crippen LogP contribution is -2.34. The molecule has 1 fully saturated rings. The molecule has 0 bridgehead atoms. The minimum atomic E-state index is 0.0283. The molecule has 0 saturated carbocycles. The molecule has 1 aliphatic heterocycles. The van der Waals surface area contributed by atoms with Crippen LogP contribution in [-0.2, 0) is 10.2 Å². The highest BCUT2D eigenvalue weighted by Crippen LogP contribution is 2.27. The number of carbonyl (C=O) groups excluding carboxylic acids is 1. The molecule has 2 rings (SSSR count). The summed E-state index contributed by atoms with van der Waals surface area (Å²) in [6, 6.07) is 0. The molecule has 0 radical (unpaired) electrons. The minimum Gasteiger partial charge on any atom is -0.316 e. The van der Waals surface area contributed by atoms with Crippen molar-refractivity contribution in [2.75, 3.05) is 18.4 Å². The number of hydrogen-bond donors (Lipinski definition) is 2. The molecule has 0 aliphatic carbocycles. The van der Waals surface area contributed by atoms with E-state index in [9.17, 15) is 4.79 Å². The monoisotopic (exact) mass is 309 g/mol. The number of thiazole rings is 1. The number of carbonyl (C=O) groups is 1. The van der Waals surface area contributed by atoms with E-state index in [4.69, 9.17) is 0 Å². The topological polar surface area (TPSA) is 54.0 Å². The molecule has 2 atom stereocenters. The molecule has 1 aliphatic rings. The van der Waals surface area contributed by atoms with E-state index in [1.54, 1.807) is 0 Å². The van der Waals surface area contributed by atoms with Gasteiger partial charge in [0.15, 0.2) is 5.13 Å². The van der Waals surface area contributed by atoms with Gasteiger partial charge in [0.1, 0.15) is 0 Å². The molecule has 118 valence electrons. The van der Waals surface area contributed by atoms with Gasteiger partial charge in [-0.3, -0.25) is 4.79 Å².